The Bertz CT molecular complexity index is 313. The Kier molecular flexibility index (Phi) is 4.27. The van der Waals surface area contributed by atoms with Crippen molar-refractivity contribution in [3.63, 3.8) is 0 Å². The average Bonchev–Trinajstić information content (AvgIpc) is 2.82. The van der Waals surface area contributed by atoms with Gasteiger partial charge in [-0.15, -0.1) is 0 Å². The first kappa shape index (κ1) is 14.2. The van der Waals surface area contributed by atoms with Crippen LogP contribution in [0.15, 0.2) is 0 Å². The third-order valence-electron chi connectivity index (χ3n) is 4.86. The van der Waals surface area contributed by atoms with E-state index in [1.807, 2.05) is 11.8 Å². The monoisotopic (exact) mass is 270 g/mol. The SMILES string of the molecule is CC1SCCN(C(=O)C2(C(C)C)CCNC2)C1C. The minimum absolute atomic E-state index is 0.157. The van der Waals surface area contributed by atoms with Gasteiger partial charge in [-0.25, -0.2) is 0 Å². The summed E-state index contributed by atoms with van der Waals surface area (Å²) in [6.07, 6.45) is 0.994. The molecule has 0 aromatic heterocycles. The molecule has 104 valence electrons. The molecule has 0 radical (unpaired) electrons. The lowest BCUT2D eigenvalue weighted by Gasteiger charge is -2.43. The van der Waals surface area contributed by atoms with E-state index in [0.717, 1.165) is 31.8 Å². The van der Waals surface area contributed by atoms with Crippen molar-refractivity contribution in [2.45, 2.75) is 45.4 Å². The van der Waals surface area contributed by atoms with Gasteiger partial charge in [0.25, 0.3) is 0 Å². The van der Waals surface area contributed by atoms with Crippen LogP contribution in [-0.2, 0) is 4.79 Å². The third kappa shape index (κ3) is 2.29. The van der Waals surface area contributed by atoms with Gasteiger partial charge in [0, 0.05) is 30.1 Å². The molecular weight excluding hydrogens is 244 g/mol. The average molecular weight is 270 g/mol. The van der Waals surface area contributed by atoms with E-state index in [9.17, 15) is 4.79 Å². The highest BCUT2D eigenvalue weighted by molar-refractivity contribution is 8.00. The molecule has 2 heterocycles. The van der Waals surface area contributed by atoms with Crippen molar-refractivity contribution in [2.24, 2.45) is 11.3 Å². The molecule has 3 atom stereocenters. The zero-order valence-corrected chi connectivity index (χ0v) is 12.8. The highest BCUT2D eigenvalue weighted by Gasteiger charge is 2.47. The van der Waals surface area contributed by atoms with Gasteiger partial charge in [0.1, 0.15) is 0 Å². The normalized spacial score (nSPS) is 37.3. The molecule has 2 aliphatic heterocycles. The molecule has 0 aromatic rings. The fourth-order valence-corrected chi connectivity index (χ4v) is 4.24. The summed E-state index contributed by atoms with van der Waals surface area (Å²) in [6.45, 7) is 11.6. The molecule has 1 amide bonds. The second-order valence-corrected chi connectivity index (χ2v) is 7.54. The van der Waals surface area contributed by atoms with E-state index in [0.29, 0.717) is 23.1 Å². The maximum absolute atomic E-state index is 13.0. The molecule has 2 saturated heterocycles. The number of hydrogen-bond donors (Lipinski definition) is 1. The number of hydrogen-bond acceptors (Lipinski definition) is 3. The number of thioether (sulfide) groups is 1. The van der Waals surface area contributed by atoms with Crippen LogP contribution in [0.25, 0.3) is 0 Å². The van der Waals surface area contributed by atoms with Crippen LogP contribution in [0.1, 0.15) is 34.1 Å². The smallest absolute Gasteiger partial charge is 0.230 e. The number of carbonyl (C=O) groups excluding carboxylic acids is 1. The van der Waals surface area contributed by atoms with Crippen molar-refractivity contribution in [1.82, 2.24) is 10.2 Å². The molecule has 3 nitrogen and oxygen atoms in total. The second-order valence-electron chi connectivity index (χ2n) is 6.05. The standard InChI is InChI=1S/C14H26N2OS/c1-10(2)14(5-6-15-9-14)13(17)16-7-8-18-12(4)11(16)3/h10-12,15H,5-9H2,1-4H3. The van der Waals surface area contributed by atoms with Gasteiger partial charge in [-0.1, -0.05) is 20.8 Å². The van der Waals surface area contributed by atoms with Crippen molar-refractivity contribution < 1.29 is 4.79 Å². The number of rotatable bonds is 2. The summed E-state index contributed by atoms with van der Waals surface area (Å²) in [5.41, 5.74) is -0.157. The van der Waals surface area contributed by atoms with Gasteiger partial charge in [0.15, 0.2) is 0 Å². The number of nitrogens with one attached hydrogen (secondary N) is 1. The Morgan fingerprint density at radius 1 is 1.44 bits per heavy atom. The van der Waals surface area contributed by atoms with Crippen molar-refractivity contribution in [1.29, 1.82) is 0 Å². The maximum atomic E-state index is 13.0. The second kappa shape index (κ2) is 5.41. The van der Waals surface area contributed by atoms with E-state index in [2.05, 4.69) is 37.9 Å². The van der Waals surface area contributed by atoms with Gasteiger partial charge < -0.3 is 10.2 Å². The molecule has 0 saturated carbocycles. The topological polar surface area (TPSA) is 32.3 Å². The van der Waals surface area contributed by atoms with Gasteiger partial charge in [0.2, 0.25) is 5.91 Å². The van der Waals surface area contributed by atoms with Gasteiger partial charge in [0.05, 0.1) is 5.41 Å². The fraction of sp³-hybridized carbons (Fsp3) is 0.929. The predicted molar refractivity (Wildman–Crippen MR) is 77.9 cm³/mol. The maximum Gasteiger partial charge on any atom is 0.230 e. The summed E-state index contributed by atoms with van der Waals surface area (Å²) >= 11 is 1.99. The number of amides is 1. The summed E-state index contributed by atoms with van der Waals surface area (Å²) in [5.74, 6) is 1.89. The van der Waals surface area contributed by atoms with Crippen molar-refractivity contribution in [2.75, 3.05) is 25.4 Å². The predicted octanol–water partition coefficient (Wildman–Crippen LogP) is 1.97. The van der Waals surface area contributed by atoms with Crippen LogP contribution in [-0.4, -0.2) is 47.5 Å². The van der Waals surface area contributed by atoms with Crippen LogP contribution in [0.2, 0.25) is 0 Å². The fourth-order valence-electron chi connectivity index (χ4n) is 3.14. The van der Waals surface area contributed by atoms with Crippen LogP contribution >= 0.6 is 11.8 Å². The van der Waals surface area contributed by atoms with Crippen LogP contribution in [0.4, 0.5) is 0 Å². The molecule has 2 rings (SSSR count). The molecule has 2 aliphatic rings. The van der Waals surface area contributed by atoms with E-state index >= 15 is 0 Å². The van der Waals surface area contributed by atoms with Crippen LogP contribution in [0.3, 0.4) is 0 Å². The van der Waals surface area contributed by atoms with Gasteiger partial charge >= 0.3 is 0 Å². The Morgan fingerprint density at radius 2 is 2.17 bits per heavy atom. The zero-order chi connectivity index (χ0) is 13.3. The van der Waals surface area contributed by atoms with E-state index in [-0.39, 0.29) is 5.41 Å². The number of nitrogens with zero attached hydrogens (tertiary/aromatic N) is 1. The molecule has 4 heteroatoms. The van der Waals surface area contributed by atoms with E-state index < -0.39 is 0 Å². The molecule has 2 fully saturated rings. The Balaban J connectivity index is 2.18. The van der Waals surface area contributed by atoms with Crippen LogP contribution in [0.5, 0.6) is 0 Å². The quantitative estimate of drug-likeness (QED) is 0.833. The van der Waals surface area contributed by atoms with Crippen LogP contribution in [0, 0.1) is 11.3 Å². The van der Waals surface area contributed by atoms with E-state index in [1.165, 1.54) is 0 Å². The van der Waals surface area contributed by atoms with Crippen molar-refractivity contribution in [3.05, 3.63) is 0 Å². The van der Waals surface area contributed by atoms with Crippen molar-refractivity contribution in [3.8, 4) is 0 Å². The number of carbonyl (C=O) groups is 1. The summed E-state index contributed by atoms with van der Waals surface area (Å²) < 4.78 is 0. The lowest BCUT2D eigenvalue weighted by Crippen LogP contribution is -2.55. The van der Waals surface area contributed by atoms with Gasteiger partial charge in [-0.3, -0.25) is 4.79 Å². The van der Waals surface area contributed by atoms with Gasteiger partial charge in [-0.05, 0) is 25.8 Å². The van der Waals surface area contributed by atoms with Gasteiger partial charge in [-0.2, -0.15) is 11.8 Å². The van der Waals surface area contributed by atoms with E-state index in [1.54, 1.807) is 0 Å². The molecule has 0 aromatic carbocycles. The lowest BCUT2D eigenvalue weighted by atomic mass is 9.75. The summed E-state index contributed by atoms with van der Waals surface area (Å²) in [5, 5.41) is 3.94. The molecule has 0 aliphatic carbocycles. The van der Waals surface area contributed by atoms with Crippen molar-refractivity contribution >= 4 is 17.7 Å². The molecule has 1 N–H and O–H groups in total. The highest BCUT2D eigenvalue weighted by atomic mass is 32.2. The molecule has 18 heavy (non-hydrogen) atoms. The molecule has 0 spiro atoms. The first-order valence-corrected chi connectivity index (χ1v) is 8.17. The Morgan fingerprint density at radius 3 is 2.72 bits per heavy atom. The summed E-state index contributed by atoms with van der Waals surface area (Å²) in [6, 6.07) is 0.368. The zero-order valence-electron chi connectivity index (χ0n) is 12.0. The van der Waals surface area contributed by atoms with Crippen LogP contribution < -0.4 is 5.32 Å². The first-order chi connectivity index (χ1) is 8.49. The highest BCUT2D eigenvalue weighted by Crippen LogP contribution is 2.38. The molecular formula is C14H26N2OS. The van der Waals surface area contributed by atoms with E-state index in [4.69, 9.17) is 0 Å². The molecule has 3 unspecified atom stereocenters. The Hall–Kier alpha value is -0.220. The third-order valence-corrected chi connectivity index (χ3v) is 6.20. The Labute approximate surface area is 115 Å². The minimum Gasteiger partial charge on any atom is -0.338 e. The largest absolute Gasteiger partial charge is 0.338 e. The summed E-state index contributed by atoms with van der Waals surface area (Å²) in [7, 11) is 0. The molecule has 0 bridgehead atoms. The minimum atomic E-state index is -0.157. The lowest BCUT2D eigenvalue weighted by molar-refractivity contribution is -0.145. The summed E-state index contributed by atoms with van der Waals surface area (Å²) in [4.78, 5) is 15.1. The first-order valence-electron chi connectivity index (χ1n) is 7.12.